The fourth-order valence-electron chi connectivity index (χ4n) is 1.49. The quantitative estimate of drug-likeness (QED) is 0.704. The highest BCUT2D eigenvalue weighted by molar-refractivity contribution is 5.45. The van der Waals surface area contributed by atoms with E-state index in [1.54, 1.807) is 0 Å². The Balaban J connectivity index is 2.85. The second-order valence-electron chi connectivity index (χ2n) is 3.26. The third-order valence-electron chi connectivity index (χ3n) is 2.17. The van der Waals surface area contributed by atoms with Gasteiger partial charge in [0, 0.05) is 19.8 Å². The molecule has 0 amide bonds. The van der Waals surface area contributed by atoms with E-state index in [2.05, 4.69) is 36.8 Å². The molecule has 1 aromatic rings. The average Bonchev–Trinajstić information content (AvgIpc) is 2.18. The van der Waals surface area contributed by atoms with E-state index in [1.165, 1.54) is 5.56 Å². The van der Waals surface area contributed by atoms with Crippen molar-refractivity contribution in [1.29, 1.82) is 0 Å². The lowest BCUT2D eigenvalue weighted by atomic mass is 10.2. The monoisotopic (exact) mass is 178 g/mol. The molecule has 0 atom stereocenters. The summed E-state index contributed by atoms with van der Waals surface area (Å²) in [7, 11) is 2.10. The molecule has 1 heterocycles. The van der Waals surface area contributed by atoms with Crippen LogP contribution in [-0.2, 0) is 6.42 Å². The summed E-state index contributed by atoms with van der Waals surface area (Å²) >= 11 is 0. The molecule has 0 radical (unpaired) electrons. The van der Waals surface area contributed by atoms with Crippen LogP contribution in [0.3, 0.4) is 0 Å². The second kappa shape index (κ2) is 4.85. The molecule has 1 aromatic heterocycles. The Morgan fingerprint density at radius 2 is 2.15 bits per heavy atom. The minimum absolute atomic E-state index is 1.05. The van der Waals surface area contributed by atoms with E-state index in [0.717, 1.165) is 25.2 Å². The number of aryl methyl sites for hydroxylation is 1. The van der Waals surface area contributed by atoms with Crippen molar-refractivity contribution in [3.63, 3.8) is 0 Å². The van der Waals surface area contributed by atoms with Gasteiger partial charge in [-0.2, -0.15) is 0 Å². The number of anilines is 1. The highest BCUT2D eigenvalue weighted by Crippen LogP contribution is 2.15. The van der Waals surface area contributed by atoms with Crippen LogP contribution in [0.5, 0.6) is 0 Å². The maximum Gasteiger partial charge on any atom is 0.131 e. The van der Waals surface area contributed by atoms with Gasteiger partial charge in [-0.15, -0.1) is 0 Å². The number of hydrogen-bond donors (Lipinski definition) is 0. The third kappa shape index (κ3) is 2.44. The molecule has 0 aliphatic carbocycles. The number of aromatic nitrogens is 1. The van der Waals surface area contributed by atoms with Gasteiger partial charge in [0.15, 0.2) is 0 Å². The van der Waals surface area contributed by atoms with Crippen molar-refractivity contribution in [2.45, 2.75) is 26.7 Å². The van der Waals surface area contributed by atoms with Crippen molar-refractivity contribution in [3.05, 3.63) is 23.9 Å². The molecule has 0 spiro atoms. The molecule has 0 fully saturated rings. The van der Waals surface area contributed by atoms with E-state index in [9.17, 15) is 0 Å². The zero-order valence-corrected chi connectivity index (χ0v) is 8.75. The van der Waals surface area contributed by atoms with E-state index in [1.807, 2.05) is 12.3 Å². The van der Waals surface area contributed by atoms with Gasteiger partial charge in [0.25, 0.3) is 0 Å². The minimum atomic E-state index is 1.05. The summed E-state index contributed by atoms with van der Waals surface area (Å²) in [5.41, 5.74) is 1.33. The molecule has 0 unspecified atom stereocenters. The summed E-state index contributed by atoms with van der Waals surface area (Å²) in [6.45, 7) is 5.43. The predicted molar refractivity (Wildman–Crippen MR) is 57.2 cm³/mol. The first-order chi connectivity index (χ1) is 6.29. The van der Waals surface area contributed by atoms with Crippen LogP contribution in [-0.4, -0.2) is 18.6 Å². The molecule has 0 N–H and O–H groups in total. The van der Waals surface area contributed by atoms with Crippen LogP contribution in [0, 0.1) is 0 Å². The Morgan fingerprint density at radius 1 is 1.38 bits per heavy atom. The smallest absolute Gasteiger partial charge is 0.131 e. The van der Waals surface area contributed by atoms with E-state index in [-0.39, 0.29) is 0 Å². The van der Waals surface area contributed by atoms with Gasteiger partial charge in [0.2, 0.25) is 0 Å². The Bertz CT molecular complexity index is 258. The zero-order chi connectivity index (χ0) is 9.68. The van der Waals surface area contributed by atoms with Crippen LogP contribution in [0.1, 0.15) is 25.8 Å². The fourth-order valence-corrected chi connectivity index (χ4v) is 1.49. The Hall–Kier alpha value is -1.05. The summed E-state index contributed by atoms with van der Waals surface area (Å²) in [4.78, 5) is 6.62. The molecule has 0 bridgehead atoms. The molecule has 0 saturated carbocycles. The number of nitrogens with zero attached hydrogens (tertiary/aromatic N) is 2. The standard InChI is InChI=1S/C11H18N2/c1-4-9-13(3)11-10(5-2)7-6-8-12-11/h6-8H,4-5,9H2,1-3H3. The number of hydrogen-bond acceptors (Lipinski definition) is 2. The highest BCUT2D eigenvalue weighted by atomic mass is 15.2. The van der Waals surface area contributed by atoms with Gasteiger partial charge >= 0.3 is 0 Å². The summed E-state index contributed by atoms with van der Waals surface area (Å²) in [6, 6.07) is 4.15. The van der Waals surface area contributed by atoms with Crippen LogP contribution in [0.25, 0.3) is 0 Å². The first-order valence-electron chi connectivity index (χ1n) is 4.94. The van der Waals surface area contributed by atoms with Crippen LogP contribution >= 0.6 is 0 Å². The van der Waals surface area contributed by atoms with E-state index in [4.69, 9.17) is 0 Å². The van der Waals surface area contributed by atoms with Crippen molar-refractivity contribution < 1.29 is 0 Å². The maximum atomic E-state index is 4.39. The lowest BCUT2D eigenvalue weighted by Crippen LogP contribution is -2.20. The van der Waals surface area contributed by atoms with Gasteiger partial charge in [-0.05, 0) is 24.5 Å². The van der Waals surface area contributed by atoms with Crippen molar-refractivity contribution in [1.82, 2.24) is 4.98 Å². The van der Waals surface area contributed by atoms with Gasteiger partial charge < -0.3 is 4.90 Å². The van der Waals surface area contributed by atoms with Gasteiger partial charge in [0.1, 0.15) is 5.82 Å². The molecular formula is C11H18N2. The molecule has 2 nitrogen and oxygen atoms in total. The van der Waals surface area contributed by atoms with E-state index in [0.29, 0.717) is 0 Å². The van der Waals surface area contributed by atoms with Crippen LogP contribution < -0.4 is 4.90 Å². The largest absolute Gasteiger partial charge is 0.359 e. The third-order valence-corrected chi connectivity index (χ3v) is 2.17. The molecule has 13 heavy (non-hydrogen) atoms. The van der Waals surface area contributed by atoms with Gasteiger partial charge in [-0.1, -0.05) is 19.9 Å². The summed E-state index contributed by atoms with van der Waals surface area (Å²) < 4.78 is 0. The summed E-state index contributed by atoms with van der Waals surface area (Å²) in [5, 5.41) is 0. The van der Waals surface area contributed by atoms with Crippen LogP contribution in [0.2, 0.25) is 0 Å². The maximum absolute atomic E-state index is 4.39. The minimum Gasteiger partial charge on any atom is -0.359 e. The molecule has 2 heteroatoms. The van der Waals surface area contributed by atoms with E-state index >= 15 is 0 Å². The van der Waals surface area contributed by atoms with Gasteiger partial charge in [-0.3, -0.25) is 0 Å². The fraction of sp³-hybridized carbons (Fsp3) is 0.545. The van der Waals surface area contributed by atoms with Crippen LogP contribution in [0.4, 0.5) is 5.82 Å². The molecule has 0 aromatic carbocycles. The average molecular weight is 178 g/mol. The topological polar surface area (TPSA) is 16.1 Å². The van der Waals surface area contributed by atoms with Crippen molar-refractivity contribution >= 4 is 5.82 Å². The summed E-state index contributed by atoms with van der Waals surface area (Å²) in [5.74, 6) is 1.13. The predicted octanol–water partition coefficient (Wildman–Crippen LogP) is 2.49. The SMILES string of the molecule is CCCN(C)c1ncccc1CC. The zero-order valence-electron chi connectivity index (χ0n) is 8.75. The second-order valence-corrected chi connectivity index (χ2v) is 3.26. The van der Waals surface area contributed by atoms with Crippen molar-refractivity contribution in [2.75, 3.05) is 18.5 Å². The highest BCUT2D eigenvalue weighted by Gasteiger charge is 2.04. The van der Waals surface area contributed by atoms with Crippen molar-refractivity contribution in [3.8, 4) is 0 Å². The Morgan fingerprint density at radius 3 is 2.77 bits per heavy atom. The molecule has 0 aliphatic heterocycles. The Kier molecular flexibility index (Phi) is 3.74. The molecule has 1 rings (SSSR count). The molecule has 72 valence electrons. The normalized spacial score (nSPS) is 10.1. The lowest BCUT2D eigenvalue weighted by molar-refractivity contribution is 0.829. The molecular weight excluding hydrogens is 160 g/mol. The summed E-state index contributed by atoms with van der Waals surface area (Å²) in [6.07, 6.45) is 4.08. The van der Waals surface area contributed by atoms with Gasteiger partial charge in [0.05, 0.1) is 0 Å². The number of pyridine rings is 1. The van der Waals surface area contributed by atoms with Crippen molar-refractivity contribution in [2.24, 2.45) is 0 Å². The first-order valence-corrected chi connectivity index (χ1v) is 4.94. The first kappa shape index (κ1) is 10.0. The lowest BCUT2D eigenvalue weighted by Gasteiger charge is -2.19. The van der Waals surface area contributed by atoms with Gasteiger partial charge in [-0.25, -0.2) is 4.98 Å². The molecule has 0 saturated heterocycles. The molecule has 0 aliphatic rings. The number of rotatable bonds is 4. The Labute approximate surface area is 80.6 Å². The van der Waals surface area contributed by atoms with E-state index < -0.39 is 0 Å². The van der Waals surface area contributed by atoms with Crippen LogP contribution in [0.15, 0.2) is 18.3 Å².